The van der Waals surface area contributed by atoms with Crippen LogP contribution >= 0.6 is 0 Å². The fourth-order valence-corrected chi connectivity index (χ4v) is 1.12. The Balaban J connectivity index is 2.88. The molecule has 0 aromatic heterocycles. The van der Waals surface area contributed by atoms with Crippen molar-refractivity contribution >= 4 is 0 Å². The van der Waals surface area contributed by atoms with Crippen molar-refractivity contribution in [3.63, 3.8) is 0 Å². The second-order valence-corrected chi connectivity index (χ2v) is 3.00. The van der Waals surface area contributed by atoms with Gasteiger partial charge in [-0.05, 0) is 17.7 Å². The first kappa shape index (κ1) is 13.7. The zero-order valence-electron chi connectivity index (χ0n) is 9.11. The highest BCUT2D eigenvalue weighted by molar-refractivity contribution is 5.47. The number of nitrogens with zero attached hydrogens (tertiary/aromatic N) is 3. The Labute approximate surface area is 101 Å². The van der Waals surface area contributed by atoms with Crippen molar-refractivity contribution < 1.29 is 17.9 Å². The SMILES string of the molecule is [N-]=[N+]=NCCC#Cc1c(F)cccc1OC(F)F. The van der Waals surface area contributed by atoms with Gasteiger partial charge in [0.15, 0.2) is 0 Å². The summed E-state index contributed by atoms with van der Waals surface area (Å²) in [4.78, 5) is 2.51. The molecule has 0 heterocycles. The molecule has 0 aliphatic carbocycles. The maximum atomic E-state index is 13.4. The van der Waals surface area contributed by atoms with Gasteiger partial charge in [0.1, 0.15) is 17.1 Å². The summed E-state index contributed by atoms with van der Waals surface area (Å²) in [5.41, 5.74) is 7.78. The molecule has 0 saturated carbocycles. The molecule has 1 rings (SSSR count). The van der Waals surface area contributed by atoms with E-state index in [2.05, 4.69) is 26.6 Å². The molecule has 0 aliphatic rings. The van der Waals surface area contributed by atoms with Crippen molar-refractivity contribution in [3.8, 4) is 17.6 Å². The van der Waals surface area contributed by atoms with Gasteiger partial charge in [-0.3, -0.25) is 0 Å². The molecule has 0 atom stereocenters. The third-order valence-electron chi connectivity index (χ3n) is 1.80. The second-order valence-electron chi connectivity index (χ2n) is 3.00. The van der Waals surface area contributed by atoms with E-state index in [9.17, 15) is 13.2 Å². The number of hydrogen-bond donors (Lipinski definition) is 0. The molecule has 0 N–H and O–H groups in total. The van der Waals surface area contributed by atoms with Gasteiger partial charge in [0, 0.05) is 17.9 Å². The molecule has 7 heteroatoms. The van der Waals surface area contributed by atoms with Gasteiger partial charge in [0.05, 0.1) is 0 Å². The maximum Gasteiger partial charge on any atom is 0.387 e. The fourth-order valence-electron chi connectivity index (χ4n) is 1.12. The molecule has 0 spiro atoms. The van der Waals surface area contributed by atoms with Crippen molar-refractivity contribution in [1.29, 1.82) is 0 Å². The monoisotopic (exact) mass is 255 g/mol. The molecule has 0 saturated heterocycles. The highest BCUT2D eigenvalue weighted by atomic mass is 19.3. The summed E-state index contributed by atoms with van der Waals surface area (Å²) in [5.74, 6) is 3.83. The molecule has 4 nitrogen and oxygen atoms in total. The second kappa shape index (κ2) is 7.09. The van der Waals surface area contributed by atoms with E-state index < -0.39 is 12.4 Å². The van der Waals surface area contributed by atoms with Gasteiger partial charge in [0.25, 0.3) is 0 Å². The van der Waals surface area contributed by atoms with E-state index in [1.165, 1.54) is 12.1 Å². The number of hydrogen-bond acceptors (Lipinski definition) is 2. The Bertz CT molecular complexity index is 516. The number of halogens is 3. The first-order valence-electron chi connectivity index (χ1n) is 4.88. The predicted molar refractivity (Wildman–Crippen MR) is 58.5 cm³/mol. The van der Waals surface area contributed by atoms with E-state index in [1.807, 2.05) is 0 Å². The zero-order valence-corrected chi connectivity index (χ0v) is 9.11. The Hall–Kier alpha value is -2.32. The minimum Gasteiger partial charge on any atom is -0.433 e. The van der Waals surface area contributed by atoms with Crippen LogP contribution in [0.5, 0.6) is 5.75 Å². The molecule has 0 radical (unpaired) electrons. The van der Waals surface area contributed by atoms with Crippen molar-refractivity contribution in [1.82, 2.24) is 0 Å². The molecular formula is C11H8F3N3O. The third kappa shape index (κ3) is 4.28. The summed E-state index contributed by atoms with van der Waals surface area (Å²) in [7, 11) is 0. The zero-order chi connectivity index (χ0) is 13.4. The fraction of sp³-hybridized carbons (Fsp3) is 0.273. The Morgan fingerprint density at radius 2 is 2.22 bits per heavy atom. The first-order chi connectivity index (χ1) is 8.65. The molecule has 1 aromatic rings. The van der Waals surface area contributed by atoms with E-state index >= 15 is 0 Å². The molecule has 94 valence electrons. The highest BCUT2D eigenvalue weighted by Gasteiger charge is 2.11. The molecule has 0 bridgehead atoms. The van der Waals surface area contributed by atoms with Crippen molar-refractivity contribution in [2.75, 3.05) is 6.54 Å². The Kier molecular flexibility index (Phi) is 5.42. The number of benzene rings is 1. The maximum absolute atomic E-state index is 13.4. The minimum atomic E-state index is -3.05. The lowest BCUT2D eigenvalue weighted by Crippen LogP contribution is -2.04. The lowest BCUT2D eigenvalue weighted by molar-refractivity contribution is -0.0501. The van der Waals surface area contributed by atoms with Gasteiger partial charge in [-0.25, -0.2) is 4.39 Å². The van der Waals surface area contributed by atoms with Crippen molar-refractivity contribution in [3.05, 3.63) is 40.0 Å². The van der Waals surface area contributed by atoms with Crippen molar-refractivity contribution in [2.24, 2.45) is 5.11 Å². The highest BCUT2D eigenvalue weighted by Crippen LogP contribution is 2.22. The van der Waals surface area contributed by atoms with Crippen LogP contribution < -0.4 is 4.74 Å². The van der Waals surface area contributed by atoms with Crippen LogP contribution in [0.25, 0.3) is 10.4 Å². The standard InChI is InChI=1S/C11H8F3N3O/c12-9-5-3-6-10(18-11(13)14)8(9)4-1-2-7-16-17-15/h3,5-6,11H,2,7H2. The van der Waals surface area contributed by atoms with Crippen LogP contribution in [0.1, 0.15) is 12.0 Å². The van der Waals surface area contributed by atoms with Crippen LogP contribution in [0.3, 0.4) is 0 Å². The average molecular weight is 255 g/mol. The van der Waals surface area contributed by atoms with Gasteiger partial charge in [-0.1, -0.05) is 23.0 Å². The molecule has 0 amide bonds. The smallest absolute Gasteiger partial charge is 0.387 e. The Morgan fingerprint density at radius 1 is 1.44 bits per heavy atom. The third-order valence-corrected chi connectivity index (χ3v) is 1.80. The lowest BCUT2D eigenvalue weighted by Gasteiger charge is -2.06. The normalized spacial score (nSPS) is 9.33. The summed E-state index contributed by atoms with van der Waals surface area (Å²) in [6, 6.07) is 3.54. The first-order valence-corrected chi connectivity index (χ1v) is 4.88. The van der Waals surface area contributed by atoms with Crippen LogP contribution in [-0.2, 0) is 0 Å². The molecule has 0 aliphatic heterocycles. The quantitative estimate of drug-likeness (QED) is 0.267. The number of azide groups is 1. The van der Waals surface area contributed by atoms with Gasteiger partial charge in [0.2, 0.25) is 0 Å². The molecule has 0 unspecified atom stereocenters. The topological polar surface area (TPSA) is 58.0 Å². The molecule has 18 heavy (non-hydrogen) atoms. The lowest BCUT2D eigenvalue weighted by atomic mass is 10.2. The summed E-state index contributed by atoms with van der Waals surface area (Å²) in [5, 5.41) is 3.23. The largest absolute Gasteiger partial charge is 0.433 e. The van der Waals surface area contributed by atoms with Crippen LogP contribution in [0.15, 0.2) is 23.3 Å². The summed E-state index contributed by atoms with van der Waals surface area (Å²) < 4.78 is 41.7. The Morgan fingerprint density at radius 3 is 2.89 bits per heavy atom. The number of alkyl halides is 2. The summed E-state index contributed by atoms with van der Waals surface area (Å²) in [6.07, 6.45) is 0.201. The van der Waals surface area contributed by atoms with Gasteiger partial charge < -0.3 is 4.74 Å². The van der Waals surface area contributed by atoms with Gasteiger partial charge in [-0.2, -0.15) is 8.78 Å². The van der Waals surface area contributed by atoms with Crippen LogP contribution in [0.2, 0.25) is 0 Å². The van der Waals surface area contributed by atoms with E-state index in [0.29, 0.717) is 0 Å². The van der Waals surface area contributed by atoms with Crippen LogP contribution in [-0.4, -0.2) is 13.2 Å². The number of rotatable bonds is 4. The van der Waals surface area contributed by atoms with Gasteiger partial charge >= 0.3 is 6.61 Å². The predicted octanol–water partition coefficient (Wildman–Crippen LogP) is 3.48. The average Bonchev–Trinajstić information content (AvgIpc) is 2.31. The van der Waals surface area contributed by atoms with E-state index in [-0.39, 0.29) is 24.3 Å². The summed E-state index contributed by atoms with van der Waals surface area (Å²) in [6.45, 7) is -2.92. The summed E-state index contributed by atoms with van der Waals surface area (Å²) >= 11 is 0. The molecule has 0 fully saturated rings. The van der Waals surface area contributed by atoms with Crippen LogP contribution in [0.4, 0.5) is 13.2 Å². The molecule has 1 aromatic carbocycles. The molecular weight excluding hydrogens is 247 g/mol. The number of ether oxygens (including phenoxy) is 1. The van der Waals surface area contributed by atoms with E-state index in [1.54, 1.807) is 0 Å². The van der Waals surface area contributed by atoms with E-state index in [0.717, 1.165) is 6.07 Å². The van der Waals surface area contributed by atoms with Crippen LogP contribution in [0, 0.1) is 17.7 Å². The minimum absolute atomic E-state index is 0.128. The van der Waals surface area contributed by atoms with E-state index in [4.69, 9.17) is 5.53 Å². The van der Waals surface area contributed by atoms with Crippen molar-refractivity contribution in [2.45, 2.75) is 13.0 Å². The van der Waals surface area contributed by atoms with Gasteiger partial charge in [-0.15, -0.1) is 0 Å².